The molecule has 0 saturated carbocycles. The minimum atomic E-state index is -3.39. The highest BCUT2D eigenvalue weighted by atomic mass is 32.2. The van der Waals surface area contributed by atoms with Gasteiger partial charge in [-0.25, -0.2) is 8.42 Å². The summed E-state index contributed by atoms with van der Waals surface area (Å²) in [6.07, 6.45) is 1.56. The number of hydrogen-bond acceptors (Lipinski definition) is 4. The Morgan fingerprint density at radius 3 is 2.74 bits per heavy atom. The average molecular weight is 287 g/mol. The molecule has 0 aromatic carbocycles. The first-order chi connectivity index (χ1) is 9.00. The standard InChI is InChI=1S/C12H21N3O3S/c1-10(2)13-8-11-7-12(9-14-11)19(16,17)15-3-5-18-6-4-15/h7,9-10,13-14H,3-6,8H2,1-2H3. The molecule has 2 heterocycles. The van der Waals surface area contributed by atoms with Crippen molar-refractivity contribution in [2.75, 3.05) is 26.3 Å². The van der Waals surface area contributed by atoms with Crippen LogP contribution in [0.3, 0.4) is 0 Å². The predicted molar refractivity (Wildman–Crippen MR) is 72.3 cm³/mol. The third-order valence-corrected chi connectivity index (χ3v) is 4.90. The Bertz CT molecular complexity index is 504. The van der Waals surface area contributed by atoms with E-state index in [0.717, 1.165) is 5.69 Å². The van der Waals surface area contributed by atoms with Crippen LogP contribution in [0.25, 0.3) is 0 Å². The molecule has 0 atom stereocenters. The number of aromatic nitrogens is 1. The maximum absolute atomic E-state index is 12.4. The molecule has 1 aromatic rings. The van der Waals surface area contributed by atoms with Crippen molar-refractivity contribution in [2.24, 2.45) is 0 Å². The zero-order chi connectivity index (χ0) is 13.9. The molecule has 2 rings (SSSR count). The lowest BCUT2D eigenvalue weighted by Crippen LogP contribution is -2.40. The monoisotopic (exact) mass is 287 g/mol. The molecule has 0 bridgehead atoms. The van der Waals surface area contributed by atoms with Crippen molar-refractivity contribution in [1.29, 1.82) is 0 Å². The van der Waals surface area contributed by atoms with Crippen LogP contribution in [0, 0.1) is 0 Å². The minimum Gasteiger partial charge on any atom is -0.379 e. The lowest BCUT2D eigenvalue weighted by molar-refractivity contribution is 0.0730. The SMILES string of the molecule is CC(C)NCc1cc(S(=O)(=O)N2CCOCC2)c[nH]1. The summed E-state index contributed by atoms with van der Waals surface area (Å²) < 4.78 is 31.4. The molecular weight excluding hydrogens is 266 g/mol. The molecule has 0 spiro atoms. The van der Waals surface area contributed by atoms with E-state index in [0.29, 0.717) is 43.8 Å². The molecule has 7 heteroatoms. The Morgan fingerprint density at radius 1 is 1.42 bits per heavy atom. The summed E-state index contributed by atoms with van der Waals surface area (Å²) in [5.74, 6) is 0. The molecular formula is C12H21N3O3S. The summed E-state index contributed by atoms with van der Waals surface area (Å²) in [5.41, 5.74) is 0.875. The van der Waals surface area contributed by atoms with Gasteiger partial charge < -0.3 is 15.0 Å². The Kier molecular flexibility index (Phi) is 4.62. The van der Waals surface area contributed by atoms with Crippen LogP contribution in [0.15, 0.2) is 17.2 Å². The number of nitrogens with zero attached hydrogens (tertiary/aromatic N) is 1. The van der Waals surface area contributed by atoms with Crippen molar-refractivity contribution >= 4 is 10.0 Å². The predicted octanol–water partition coefficient (Wildman–Crippen LogP) is 0.534. The molecule has 6 nitrogen and oxygen atoms in total. The summed E-state index contributed by atoms with van der Waals surface area (Å²) in [5, 5.41) is 3.25. The molecule has 0 unspecified atom stereocenters. The van der Waals surface area contributed by atoms with E-state index >= 15 is 0 Å². The van der Waals surface area contributed by atoms with Crippen LogP contribution < -0.4 is 5.32 Å². The molecule has 108 valence electrons. The number of H-pyrrole nitrogens is 1. The van der Waals surface area contributed by atoms with Crippen molar-refractivity contribution < 1.29 is 13.2 Å². The Hall–Kier alpha value is -0.890. The van der Waals surface area contributed by atoms with E-state index in [1.807, 2.05) is 13.8 Å². The first kappa shape index (κ1) is 14.5. The lowest BCUT2D eigenvalue weighted by atomic mass is 10.3. The highest BCUT2D eigenvalue weighted by Crippen LogP contribution is 2.17. The number of hydrogen-bond donors (Lipinski definition) is 2. The zero-order valence-corrected chi connectivity index (χ0v) is 12.2. The van der Waals surface area contributed by atoms with Gasteiger partial charge in [0, 0.05) is 37.6 Å². The Labute approximate surface area is 114 Å². The van der Waals surface area contributed by atoms with Crippen LogP contribution in [0.4, 0.5) is 0 Å². The third-order valence-electron chi connectivity index (χ3n) is 3.02. The first-order valence-electron chi connectivity index (χ1n) is 6.49. The normalized spacial score (nSPS) is 18.1. The van der Waals surface area contributed by atoms with Crippen molar-refractivity contribution in [3.05, 3.63) is 18.0 Å². The Balaban J connectivity index is 2.08. The molecule has 1 saturated heterocycles. The quantitative estimate of drug-likeness (QED) is 0.828. The summed E-state index contributed by atoms with van der Waals surface area (Å²) in [7, 11) is -3.39. The zero-order valence-electron chi connectivity index (χ0n) is 11.3. The maximum atomic E-state index is 12.4. The largest absolute Gasteiger partial charge is 0.379 e. The van der Waals surface area contributed by atoms with Crippen molar-refractivity contribution in [3.8, 4) is 0 Å². The number of ether oxygens (including phenoxy) is 1. The van der Waals surface area contributed by atoms with E-state index in [-0.39, 0.29) is 0 Å². The van der Waals surface area contributed by atoms with E-state index in [1.165, 1.54) is 4.31 Å². The van der Waals surface area contributed by atoms with Crippen LogP contribution in [0.1, 0.15) is 19.5 Å². The molecule has 19 heavy (non-hydrogen) atoms. The van der Waals surface area contributed by atoms with Gasteiger partial charge in [-0.1, -0.05) is 13.8 Å². The van der Waals surface area contributed by atoms with Gasteiger partial charge in [0.25, 0.3) is 0 Å². The van der Waals surface area contributed by atoms with Gasteiger partial charge in [-0.2, -0.15) is 4.31 Å². The fourth-order valence-corrected chi connectivity index (χ4v) is 3.35. The molecule has 0 aliphatic carbocycles. The van der Waals surface area contributed by atoms with Gasteiger partial charge in [0.1, 0.15) is 0 Å². The second-order valence-electron chi connectivity index (χ2n) is 4.91. The summed E-state index contributed by atoms with van der Waals surface area (Å²) in [4.78, 5) is 3.34. The second kappa shape index (κ2) is 6.04. The first-order valence-corrected chi connectivity index (χ1v) is 7.93. The Morgan fingerprint density at radius 2 is 2.11 bits per heavy atom. The second-order valence-corrected chi connectivity index (χ2v) is 6.85. The van der Waals surface area contributed by atoms with Crippen LogP contribution in [-0.4, -0.2) is 50.1 Å². The molecule has 1 aromatic heterocycles. The van der Waals surface area contributed by atoms with Crippen molar-refractivity contribution in [2.45, 2.75) is 31.3 Å². The number of sulfonamides is 1. The molecule has 1 aliphatic heterocycles. The van der Waals surface area contributed by atoms with Gasteiger partial charge in [0.05, 0.1) is 18.1 Å². The summed E-state index contributed by atoms with van der Waals surface area (Å²) >= 11 is 0. The average Bonchev–Trinajstić information content (AvgIpc) is 2.87. The van der Waals surface area contributed by atoms with E-state index in [4.69, 9.17) is 4.74 Å². The summed E-state index contributed by atoms with van der Waals surface area (Å²) in [6, 6.07) is 2.06. The van der Waals surface area contributed by atoms with Crippen LogP contribution >= 0.6 is 0 Å². The fraction of sp³-hybridized carbons (Fsp3) is 0.667. The van der Waals surface area contributed by atoms with Crippen LogP contribution in [0.2, 0.25) is 0 Å². The molecule has 2 N–H and O–H groups in total. The number of aromatic amines is 1. The van der Waals surface area contributed by atoms with Gasteiger partial charge in [0.15, 0.2) is 0 Å². The molecule has 1 aliphatic rings. The number of nitrogens with one attached hydrogen (secondary N) is 2. The van der Waals surface area contributed by atoms with Gasteiger partial charge in [-0.3, -0.25) is 0 Å². The third kappa shape index (κ3) is 3.56. The highest BCUT2D eigenvalue weighted by Gasteiger charge is 2.27. The molecule has 0 amide bonds. The topological polar surface area (TPSA) is 74.4 Å². The smallest absolute Gasteiger partial charge is 0.244 e. The minimum absolute atomic E-state index is 0.329. The summed E-state index contributed by atoms with van der Waals surface area (Å²) in [6.45, 7) is 6.51. The molecule has 1 fully saturated rings. The van der Waals surface area contributed by atoms with E-state index in [9.17, 15) is 8.42 Å². The van der Waals surface area contributed by atoms with Crippen molar-refractivity contribution in [3.63, 3.8) is 0 Å². The maximum Gasteiger partial charge on any atom is 0.244 e. The highest BCUT2D eigenvalue weighted by molar-refractivity contribution is 7.89. The number of morpholine rings is 1. The van der Waals surface area contributed by atoms with Crippen LogP contribution in [-0.2, 0) is 21.3 Å². The molecule has 0 radical (unpaired) electrons. The van der Waals surface area contributed by atoms with E-state index < -0.39 is 10.0 Å². The fourth-order valence-electron chi connectivity index (χ4n) is 1.92. The van der Waals surface area contributed by atoms with Gasteiger partial charge >= 0.3 is 0 Å². The van der Waals surface area contributed by atoms with Gasteiger partial charge in [0.2, 0.25) is 10.0 Å². The van der Waals surface area contributed by atoms with E-state index in [2.05, 4.69) is 10.3 Å². The van der Waals surface area contributed by atoms with Crippen LogP contribution in [0.5, 0.6) is 0 Å². The van der Waals surface area contributed by atoms with E-state index in [1.54, 1.807) is 12.3 Å². The lowest BCUT2D eigenvalue weighted by Gasteiger charge is -2.25. The van der Waals surface area contributed by atoms with Crippen molar-refractivity contribution in [1.82, 2.24) is 14.6 Å². The van der Waals surface area contributed by atoms with Gasteiger partial charge in [-0.05, 0) is 6.07 Å². The number of rotatable bonds is 5. The van der Waals surface area contributed by atoms with Gasteiger partial charge in [-0.15, -0.1) is 0 Å².